The molecule has 0 aromatic heterocycles. The molecular weight excluding hydrogens is 375 g/mol. The fraction of sp³-hybridized carbons (Fsp3) is 0.176. The summed E-state index contributed by atoms with van der Waals surface area (Å²) in [5, 5.41) is 3.70. The molecule has 0 fully saturated rings. The van der Waals surface area contributed by atoms with Crippen LogP contribution in [0.5, 0.6) is 11.5 Å². The number of nitrogens with zero attached hydrogens (tertiary/aromatic N) is 1. The number of methoxy groups -OCH3 is 2. The molecule has 0 N–H and O–H groups in total. The minimum Gasteiger partial charge on any atom is -0.493 e. The van der Waals surface area contributed by atoms with E-state index in [2.05, 4.69) is 9.99 Å². The van der Waals surface area contributed by atoms with E-state index in [9.17, 15) is 18.0 Å². The largest absolute Gasteiger partial charge is 0.493 e. The highest BCUT2D eigenvalue weighted by atomic mass is 35.5. The van der Waals surface area contributed by atoms with Crippen LogP contribution in [-0.4, -0.2) is 26.4 Å². The number of oxime groups is 1. The maximum atomic E-state index is 12.5. The van der Waals surface area contributed by atoms with Gasteiger partial charge in [0.1, 0.15) is 0 Å². The van der Waals surface area contributed by atoms with E-state index in [0.717, 1.165) is 24.3 Å². The number of carbonyl (C=O) groups is 1. The predicted octanol–water partition coefficient (Wildman–Crippen LogP) is 4.57. The summed E-state index contributed by atoms with van der Waals surface area (Å²) in [6, 6.07) is 6.73. The van der Waals surface area contributed by atoms with Crippen LogP contribution in [0.4, 0.5) is 13.2 Å². The van der Waals surface area contributed by atoms with Gasteiger partial charge < -0.3 is 14.3 Å². The second-order valence-electron chi connectivity index (χ2n) is 4.89. The monoisotopic (exact) mass is 387 g/mol. The normalized spacial score (nSPS) is 11.5. The molecule has 2 aromatic carbocycles. The first-order chi connectivity index (χ1) is 12.3. The van der Waals surface area contributed by atoms with Crippen LogP contribution in [0, 0.1) is 0 Å². The molecule has 0 saturated heterocycles. The topological polar surface area (TPSA) is 57.1 Å². The second-order valence-corrected chi connectivity index (χ2v) is 5.27. The minimum absolute atomic E-state index is 0.0754. The third kappa shape index (κ3) is 4.45. The van der Waals surface area contributed by atoms with Crippen molar-refractivity contribution in [3.63, 3.8) is 0 Å². The van der Waals surface area contributed by atoms with Gasteiger partial charge in [-0.05, 0) is 36.4 Å². The smallest absolute Gasteiger partial charge is 0.416 e. The van der Waals surface area contributed by atoms with E-state index in [1.54, 1.807) is 12.1 Å². The predicted molar refractivity (Wildman–Crippen MR) is 89.0 cm³/mol. The Balaban J connectivity index is 2.10. The van der Waals surface area contributed by atoms with E-state index in [4.69, 9.17) is 21.1 Å². The molecule has 0 spiro atoms. The van der Waals surface area contributed by atoms with Crippen LogP contribution < -0.4 is 9.47 Å². The van der Waals surface area contributed by atoms with Crippen molar-refractivity contribution < 1.29 is 32.3 Å². The molecule has 0 atom stereocenters. The van der Waals surface area contributed by atoms with Gasteiger partial charge in [0.2, 0.25) is 0 Å². The zero-order valence-corrected chi connectivity index (χ0v) is 14.4. The maximum absolute atomic E-state index is 12.5. The number of hydrogen-bond donors (Lipinski definition) is 0. The van der Waals surface area contributed by atoms with Gasteiger partial charge in [0.25, 0.3) is 0 Å². The lowest BCUT2D eigenvalue weighted by Gasteiger charge is -2.10. The molecule has 0 saturated carbocycles. The van der Waals surface area contributed by atoms with Crippen LogP contribution in [0.25, 0.3) is 0 Å². The van der Waals surface area contributed by atoms with E-state index in [0.29, 0.717) is 11.3 Å². The highest BCUT2D eigenvalue weighted by Gasteiger charge is 2.30. The summed E-state index contributed by atoms with van der Waals surface area (Å²) in [7, 11) is 2.86. The number of alkyl halides is 3. The lowest BCUT2D eigenvalue weighted by molar-refractivity contribution is -0.137. The molecular formula is C17H13ClF3NO4. The minimum atomic E-state index is -4.48. The van der Waals surface area contributed by atoms with Crippen LogP contribution in [0.1, 0.15) is 21.5 Å². The Morgan fingerprint density at radius 3 is 2.27 bits per heavy atom. The quantitative estimate of drug-likeness (QED) is 0.428. The highest BCUT2D eigenvalue weighted by Crippen LogP contribution is 2.36. The van der Waals surface area contributed by atoms with E-state index in [1.165, 1.54) is 20.4 Å². The lowest BCUT2D eigenvalue weighted by atomic mass is 10.1. The van der Waals surface area contributed by atoms with E-state index in [-0.39, 0.29) is 16.3 Å². The van der Waals surface area contributed by atoms with Crippen LogP contribution in [0.15, 0.2) is 41.6 Å². The molecule has 26 heavy (non-hydrogen) atoms. The first kappa shape index (κ1) is 19.6. The van der Waals surface area contributed by atoms with Crippen molar-refractivity contribution >= 4 is 23.8 Å². The molecule has 5 nitrogen and oxygen atoms in total. The van der Waals surface area contributed by atoms with Gasteiger partial charge in [0.15, 0.2) is 11.5 Å². The molecule has 0 aliphatic heterocycles. The number of rotatable bonds is 5. The van der Waals surface area contributed by atoms with Crippen molar-refractivity contribution in [3.8, 4) is 11.5 Å². The van der Waals surface area contributed by atoms with Gasteiger partial charge in [-0.2, -0.15) is 13.2 Å². The highest BCUT2D eigenvalue weighted by molar-refractivity contribution is 6.34. The van der Waals surface area contributed by atoms with Gasteiger partial charge in [-0.1, -0.05) is 16.8 Å². The molecule has 0 heterocycles. The summed E-state index contributed by atoms with van der Waals surface area (Å²) >= 11 is 6.14. The van der Waals surface area contributed by atoms with E-state index in [1.807, 2.05) is 0 Å². The number of carbonyl (C=O) groups excluding carboxylic acids is 1. The summed E-state index contributed by atoms with van der Waals surface area (Å²) in [6.07, 6.45) is -3.31. The van der Waals surface area contributed by atoms with Gasteiger partial charge in [-0.3, -0.25) is 0 Å². The van der Waals surface area contributed by atoms with Crippen LogP contribution in [-0.2, 0) is 11.0 Å². The van der Waals surface area contributed by atoms with Crippen LogP contribution in [0.2, 0.25) is 5.02 Å². The Hall–Kier alpha value is -2.74. The summed E-state index contributed by atoms with van der Waals surface area (Å²) < 4.78 is 47.7. The number of halogens is 4. The molecule has 0 aliphatic carbocycles. The third-order valence-corrected chi connectivity index (χ3v) is 3.68. The molecule has 0 amide bonds. The van der Waals surface area contributed by atoms with E-state index < -0.39 is 17.7 Å². The first-order valence-electron chi connectivity index (χ1n) is 7.10. The molecule has 2 rings (SSSR count). The van der Waals surface area contributed by atoms with Crippen LogP contribution >= 0.6 is 11.6 Å². The Labute approximate surface area is 151 Å². The van der Waals surface area contributed by atoms with Gasteiger partial charge in [-0.15, -0.1) is 0 Å². The average Bonchev–Trinajstić information content (AvgIpc) is 2.62. The fourth-order valence-corrected chi connectivity index (χ4v) is 2.27. The number of hydrogen-bond acceptors (Lipinski definition) is 5. The summed E-state index contributed by atoms with van der Waals surface area (Å²) in [5.41, 5.74) is -0.548. The summed E-state index contributed by atoms with van der Waals surface area (Å²) in [4.78, 5) is 16.5. The Morgan fingerprint density at radius 2 is 1.73 bits per heavy atom. The van der Waals surface area contributed by atoms with Crippen molar-refractivity contribution in [3.05, 3.63) is 58.1 Å². The van der Waals surface area contributed by atoms with Crippen molar-refractivity contribution in [2.24, 2.45) is 5.16 Å². The zero-order valence-electron chi connectivity index (χ0n) is 13.6. The average molecular weight is 388 g/mol. The van der Waals surface area contributed by atoms with E-state index >= 15 is 0 Å². The summed E-state index contributed by atoms with van der Waals surface area (Å²) in [5.74, 6) is -0.213. The van der Waals surface area contributed by atoms with Gasteiger partial charge in [-0.25, -0.2) is 4.79 Å². The van der Waals surface area contributed by atoms with Gasteiger partial charge >= 0.3 is 12.1 Å². The standard InChI is InChI=1S/C17H13ClF3NO4/c1-24-13-8-5-11(14(18)15(13)25-2)9-22-26-16(23)10-3-6-12(7-4-10)17(19,20)21/h3-9H,1-2H3/b22-9-. The molecule has 138 valence electrons. The molecule has 9 heteroatoms. The van der Waals surface area contributed by atoms with Crippen molar-refractivity contribution in [2.75, 3.05) is 14.2 Å². The SMILES string of the molecule is COc1ccc(/C=N\OC(=O)c2ccc(C(F)(F)F)cc2)c(Cl)c1OC. The Bertz CT molecular complexity index is 820. The Kier molecular flexibility index (Phi) is 6.10. The molecule has 2 aromatic rings. The molecule has 0 unspecified atom stereocenters. The Morgan fingerprint density at radius 1 is 1.08 bits per heavy atom. The van der Waals surface area contributed by atoms with Crippen molar-refractivity contribution in [1.29, 1.82) is 0 Å². The molecule has 0 aliphatic rings. The molecule has 0 radical (unpaired) electrons. The first-order valence-corrected chi connectivity index (χ1v) is 7.48. The lowest BCUT2D eigenvalue weighted by Crippen LogP contribution is -2.06. The molecule has 0 bridgehead atoms. The third-order valence-electron chi connectivity index (χ3n) is 3.29. The second kappa shape index (κ2) is 8.09. The zero-order chi connectivity index (χ0) is 19.3. The van der Waals surface area contributed by atoms with Gasteiger partial charge in [0.05, 0.1) is 36.6 Å². The van der Waals surface area contributed by atoms with Crippen LogP contribution in [0.3, 0.4) is 0 Å². The summed E-state index contributed by atoms with van der Waals surface area (Å²) in [6.45, 7) is 0. The fourth-order valence-electron chi connectivity index (χ4n) is 1.98. The number of ether oxygens (including phenoxy) is 2. The number of benzene rings is 2. The van der Waals surface area contributed by atoms with Crippen molar-refractivity contribution in [1.82, 2.24) is 0 Å². The van der Waals surface area contributed by atoms with Crippen molar-refractivity contribution in [2.45, 2.75) is 6.18 Å². The maximum Gasteiger partial charge on any atom is 0.416 e. The van der Waals surface area contributed by atoms with Gasteiger partial charge in [0, 0.05) is 5.56 Å².